The number of aliphatic hydroxyl groups is 1. The van der Waals surface area contributed by atoms with Crippen LogP contribution in [-0.4, -0.2) is 67.1 Å². The number of ether oxygens (including phenoxy) is 1. The molecule has 0 radical (unpaired) electrons. The van der Waals surface area contributed by atoms with Gasteiger partial charge in [-0.05, 0) is 90.7 Å². The van der Waals surface area contributed by atoms with Crippen LogP contribution < -0.4 is 4.74 Å². The number of likely N-dealkylation sites (tertiary alicyclic amines) is 1. The van der Waals surface area contributed by atoms with Crippen molar-refractivity contribution in [2.45, 2.75) is 45.8 Å². The molecule has 3 aromatic carbocycles. The van der Waals surface area contributed by atoms with E-state index in [0.29, 0.717) is 6.54 Å². The molecule has 0 amide bonds. The summed E-state index contributed by atoms with van der Waals surface area (Å²) in [4.78, 5) is 9.53. The summed E-state index contributed by atoms with van der Waals surface area (Å²) in [5.41, 5.74) is 7.25. The number of hydrogen-bond donors (Lipinski definition) is 1. The highest BCUT2D eigenvalue weighted by Crippen LogP contribution is 2.30. The molecule has 206 valence electrons. The summed E-state index contributed by atoms with van der Waals surface area (Å²) < 4.78 is 6.02. The molecule has 0 bridgehead atoms. The molecule has 5 nitrogen and oxygen atoms in total. The summed E-state index contributed by atoms with van der Waals surface area (Å²) in [6.07, 6.45) is 4.89. The first kappa shape index (κ1) is 27.6. The lowest BCUT2D eigenvalue weighted by Gasteiger charge is -2.40. The lowest BCUT2D eigenvalue weighted by Crippen LogP contribution is -2.47. The minimum absolute atomic E-state index is 0.282. The fraction of sp³-hybridized carbons (Fsp3) is 0.441. The Morgan fingerprint density at radius 1 is 1.03 bits per heavy atom. The van der Waals surface area contributed by atoms with Crippen molar-refractivity contribution in [1.82, 2.24) is 9.80 Å². The van der Waals surface area contributed by atoms with E-state index in [4.69, 9.17) is 9.73 Å². The Morgan fingerprint density at radius 3 is 2.59 bits per heavy atom. The van der Waals surface area contributed by atoms with Crippen molar-refractivity contribution in [3.63, 3.8) is 0 Å². The fourth-order valence-electron chi connectivity index (χ4n) is 6.02. The van der Waals surface area contributed by atoms with Gasteiger partial charge in [0, 0.05) is 38.9 Å². The number of rotatable bonds is 11. The molecule has 2 aliphatic heterocycles. The minimum atomic E-state index is -0.532. The van der Waals surface area contributed by atoms with Crippen molar-refractivity contribution in [2.75, 3.05) is 39.8 Å². The first-order valence-electron chi connectivity index (χ1n) is 14.5. The van der Waals surface area contributed by atoms with Crippen LogP contribution in [0.25, 0.3) is 11.1 Å². The normalized spacial score (nSPS) is 18.1. The second-order valence-corrected chi connectivity index (χ2v) is 11.4. The molecule has 5 rings (SSSR count). The summed E-state index contributed by atoms with van der Waals surface area (Å²) >= 11 is 0. The first-order chi connectivity index (χ1) is 19.0. The number of benzene rings is 3. The van der Waals surface area contributed by atoms with Crippen LogP contribution in [0.3, 0.4) is 0 Å². The topological polar surface area (TPSA) is 48.3 Å². The Bertz CT molecular complexity index is 1270. The van der Waals surface area contributed by atoms with Crippen LogP contribution in [0, 0.1) is 18.8 Å². The van der Waals surface area contributed by atoms with E-state index in [0.717, 1.165) is 60.3 Å². The van der Waals surface area contributed by atoms with Gasteiger partial charge in [-0.15, -0.1) is 0 Å². The Balaban J connectivity index is 1.14. The smallest absolute Gasteiger partial charge is 0.120 e. The molecule has 1 saturated heterocycles. The van der Waals surface area contributed by atoms with Gasteiger partial charge in [0.15, 0.2) is 0 Å². The highest BCUT2D eigenvalue weighted by molar-refractivity contribution is 5.71. The lowest BCUT2D eigenvalue weighted by atomic mass is 9.82. The Hall–Kier alpha value is -2.99. The third kappa shape index (κ3) is 7.16. The largest absolute Gasteiger partial charge is 0.491 e. The molecule has 0 aliphatic carbocycles. The van der Waals surface area contributed by atoms with Gasteiger partial charge in [-0.25, -0.2) is 0 Å². The zero-order valence-electron chi connectivity index (χ0n) is 23.7. The van der Waals surface area contributed by atoms with Gasteiger partial charge in [-0.2, -0.15) is 0 Å². The van der Waals surface area contributed by atoms with E-state index in [1.165, 1.54) is 36.2 Å². The lowest BCUT2D eigenvalue weighted by molar-refractivity contribution is 0.0638. The number of aliphatic hydroxyl groups excluding tert-OH is 1. The number of aliphatic imine (C=N–C) groups is 1. The van der Waals surface area contributed by atoms with Crippen molar-refractivity contribution >= 4 is 11.9 Å². The predicted molar refractivity (Wildman–Crippen MR) is 161 cm³/mol. The molecule has 39 heavy (non-hydrogen) atoms. The molecule has 1 N–H and O–H groups in total. The molecule has 0 saturated carbocycles. The van der Waals surface area contributed by atoms with Crippen LogP contribution >= 0.6 is 0 Å². The van der Waals surface area contributed by atoms with Crippen LogP contribution in [-0.2, 0) is 13.0 Å². The molecule has 2 aliphatic rings. The van der Waals surface area contributed by atoms with Crippen molar-refractivity contribution in [2.24, 2.45) is 16.8 Å². The molecule has 0 aromatic heterocycles. The SMILES string of the molecule is CCC(CC=Nc1ccc(-c2cccc(OCC(O)CN3CCc4ccccc4C3)c2)cc1C)C1CN(C)C1. The standard InChI is InChI=1S/C34H43N3O2/c1-4-26(31-20-36(3)21-31)14-16-35-34-13-12-29(18-25(34)2)28-10-7-11-33(19-28)39-24-32(38)23-37-17-15-27-8-5-6-9-30(27)22-37/h5-13,16,18-19,26,31-32,38H,4,14-15,17,20-24H2,1-3H3. The van der Waals surface area contributed by atoms with Gasteiger partial charge in [0.05, 0.1) is 5.69 Å². The minimum Gasteiger partial charge on any atom is -0.491 e. The average molecular weight is 526 g/mol. The van der Waals surface area contributed by atoms with Crippen LogP contribution in [0.4, 0.5) is 5.69 Å². The van der Waals surface area contributed by atoms with Crippen LogP contribution in [0.15, 0.2) is 71.7 Å². The third-order valence-electron chi connectivity index (χ3n) is 8.41. The van der Waals surface area contributed by atoms with E-state index < -0.39 is 6.10 Å². The maximum absolute atomic E-state index is 10.7. The predicted octanol–water partition coefficient (Wildman–Crippen LogP) is 6.14. The molecule has 2 unspecified atom stereocenters. The van der Waals surface area contributed by atoms with Crippen LogP contribution in [0.5, 0.6) is 5.75 Å². The monoisotopic (exact) mass is 525 g/mol. The first-order valence-corrected chi connectivity index (χ1v) is 14.5. The van der Waals surface area contributed by atoms with Crippen molar-refractivity contribution in [3.8, 4) is 16.9 Å². The van der Waals surface area contributed by atoms with E-state index in [1.54, 1.807) is 0 Å². The summed E-state index contributed by atoms with van der Waals surface area (Å²) in [5, 5.41) is 10.7. The fourth-order valence-corrected chi connectivity index (χ4v) is 6.02. The van der Waals surface area contributed by atoms with Crippen LogP contribution in [0.1, 0.15) is 36.5 Å². The number of nitrogens with zero attached hydrogens (tertiary/aromatic N) is 3. The van der Waals surface area contributed by atoms with Crippen molar-refractivity contribution < 1.29 is 9.84 Å². The molecule has 5 heteroatoms. The van der Waals surface area contributed by atoms with Crippen molar-refractivity contribution in [3.05, 3.63) is 83.4 Å². The summed E-state index contributed by atoms with van der Waals surface area (Å²) in [6.45, 7) is 9.62. The molecule has 2 heterocycles. The van der Waals surface area contributed by atoms with Gasteiger partial charge in [-0.1, -0.05) is 55.8 Å². The Kier molecular flexibility index (Phi) is 9.13. The molecule has 2 atom stereocenters. The van der Waals surface area contributed by atoms with Gasteiger partial charge < -0.3 is 14.7 Å². The Morgan fingerprint density at radius 2 is 1.82 bits per heavy atom. The van der Waals surface area contributed by atoms with Gasteiger partial charge in [0.2, 0.25) is 0 Å². The summed E-state index contributed by atoms with van der Waals surface area (Å²) in [7, 11) is 2.20. The third-order valence-corrected chi connectivity index (χ3v) is 8.41. The zero-order chi connectivity index (χ0) is 27.2. The molecule has 1 fully saturated rings. The van der Waals surface area contributed by atoms with Crippen LogP contribution in [0.2, 0.25) is 0 Å². The van der Waals surface area contributed by atoms with E-state index in [9.17, 15) is 5.11 Å². The molecular weight excluding hydrogens is 482 g/mol. The van der Waals surface area contributed by atoms with Gasteiger partial charge in [0.25, 0.3) is 0 Å². The number of β-amino-alcohol motifs (C(OH)–C–C–N with tert-alkyl or cyclic N) is 1. The number of fused-ring (bicyclic) bond motifs is 1. The highest BCUT2D eigenvalue weighted by Gasteiger charge is 2.29. The maximum atomic E-state index is 10.7. The van der Waals surface area contributed by atoms with Gasteiger partial charge >= 0.3 is 0 Å². The summed E-state index contributed by atoms with van der Waals surface area (Å²) in [6, 6.07) is 23.2. The molecule has 3 aromatic rings. The number of hydrogen-bond acceptors (Lipinski definition) is 5. The molecule has 0 spiro atoms. The van der Waals surface area contributed by atoms with Gasteiger partial charge in [0.1, 0.15) is 18.5 Å². The number of aryl methyl sites for hydroxylation is 1. The van der Waals surface area contributed by atoms with E-state index in [1.807, 2.05) is 12.1 Å². The second-order valence-electron chi connectivity index (χ2n) is 11.4. The summed E-state index contributed by atoms with van der Waals surface area (Å²) in [5.74, 6) is 2.32. The highest BCUT2D eigenvalue weighted by atomic mass is 16.5. The van der Waals surface area contributed by atoms with E-state index in [2.05, 4.69) is 91.5 Å². The second kappa shape index (κ2) is 12.9. The maximum Gasteiger partial charge on any atom is 0.120 e. The zero-order valence-corrected chi connectivity index (χ0v) is 23.7. The van der Waals surface area contributed by atoms with E-state index in [-0.39, 0.29) is 6.61 Å². The van der Waals surface area contributed by atoms with Crippen molar-refractivity contribution in [1.29, 1.82) is 0 Å². The average Bonchev–Trinajstić information content (AvgIpc) is 2.93. The quantitative estimate of drug-likeness (QED) is 0.306. The Labute approximate surface area is 234 Å². The van der Waals surface area contributed by atoms with Gasteiger partial charge in [-0.3, -0.25) is 9.89 Å². The van der Waals surface area contributed by atoms with E-state index >= 15 is 0 Å². The molecular formula is C34H43N3O2.